The summed E-state index contributed by atoms with van der Waals surface area (Å²) in [6.07, 6.45) is 5.88. The van der Waals surface area contributed by atoms with Crippen LogP contribution in [0.3, 0.4) is 0 Å². The normalized spacial score (nSPS) is 24.9. The van der Waals surface area contributed by atoms with Gasteiger partial charge in [0.05, 0.1) is 4.05 Å². The quantitative estimate of drug-likeness (QED) is 0.224. The Labute approximate surface area is 129 Å². The van der Waals surface area contributed by atoms with Crippen molar-refractivity contribution in [1.29, 1.82) is 0 Å². The number of carbonyl (C=O) groups excluding carboxylic acids is 1. The van der Waals surface area contributed by atoms with Gasteiger partial charge in [0, 0.05) is 15.4 Å². The van der Waals surface area contributed by atoms with Crippen LogP contribution in [0.1, 0.15) is 33.6 Å². The van der Waals surface area contributed by atoms with Crippen molar-refractivity contribution < 1.29 is 9.00 Å². The standard InChI is InChI=1S/C13H21IN2O2S/c1-13(2,3)9-6-11(14)15-12(7-9)16-19(18,8-17)10-4-5-10/h6-8,10-11,15,19H,4-5H2,1-3H3,(H,16,18). The van der Waals surface area contributed by atoms with Gasteiger partial charge in [0.25, 0.3) is 0 Å². The van der Waals surface area contributed by atoms with Crippen LogP contribution in [0.5, 0.6) is 0 Å². The van der Waals surface area contributed by atoms with Gasteiger partial charge in [-0.15, -0.1) is 0 Å². The fourth-order valence-electron chi connectivity index (χ4n) is 1.97. The van der Waals surface area contributed by atoms with E-state index in [1.807, 2.05) is 6.08 Å². The molecule has 0 saturated heterocycles. The summed E-state index contributed by atoms with van der Waals surface area (Å²) in [5, 5.41) is 3.25. The summed E-state index contributed by atoms with van der Waals surface area (Å²) in [7, 11) is -2.93. The second kappa shape index (κ2) is 5.20. The highest BCUT2D eigenvalue weighted by Gasteiger charge is 2.37. The van der Waals surface area contributed by atoms with Gasteiger partial charge in [-0.3, -0.25) is 9.00 Å². The van der Waals surface area contributed by atoms with Gasteiger partial charge < -0.3 is 10.0 Å². The van der Waals surface area contributed by atoms with Gasteiger partial charge in [-0.25, -0.2) is 0 Å². The molecule has 0 aromatic heterocycles. The number of allylic oxidation sites excluding steroid dienone is 2. The third kappa shape index (κ3) is 3.59. The van der Waals surface area contributed by atoms with E-state index in [0.29, 0.717) is 11.4 Å². The number of hydrogen-bond acceptors (Lipinski definition) is 3. The zero-order valence-electron chi connectivity index (χ0n) is 11.4. The van der Waals surface area contributed by atoms with Gasteiger partial charge in [-0.05, 0) is 36.0 Å². The average molecular weight is 396 g/mol. The van der Waals surface area contributed by atoms with Crippen LogP contribution in [0.25, 0.3) is 0 Å². The van der Waals surface area contributed by atoms with Gasteiger partial charge in [-0.2, -0.15) is 0 Å². The lowest BCUT2D eigenvalue weighted by molar-refractivity contribution is 0.508. The van der Waals surface area contributed by atoms with E-state index in [1.54, 1.807) is 0 Å². The van der Waals surface area contributed by atoms with Crippen molar-refractivity contribution in [1.82, 2.24) is 10.0 Å². The van der Waals surface area contributed by atoms with Crippen molar-refractivity contribution in [2.75, 3.05) is 0 Å². The van der Waals surface area contributed by atoms with E-state index in [4.69, 9.17) is 0 Å². The van der Waals surface area contributed by atoms with Crippen LogP contribution >= 0.6 is 22.6 Å². The number of hydrogen-bond donors (Lipinski definition) is 3. The zero-order chi connectivity index (χ0) is 14.3. The smallest absolute Gasteiger partial charge is 0.199 e. The number of rotatable bonds is 4. The number of carbonyl (C=O) groups is 1. The molecule has 0 aromatic rings. The van der Waals surface area contributed by atoms with Crippen molar-refractivity contribution in [3.8, 4) is 0 Å². The summed E-state index contributed by atoms with van der Waals surface area (Å²) in [4.78, 5) is 11.1. The van der Waals surface area contributed by atoms with Crippen molar-refractivity contribution >= 4 is 38.3 Å². The largest absolute Gasteiger partial charge is 0.356 e. The number of halogens is 1. The van der Waals surface area contributed by atoms with Crippen LogP contribution in [0.2, 0.25) is 0 Å². The highest BCUT2D eigenvalue weighted by molar-refractivity contribution is 14.1. The third-order valence-electron chi connectivity index (χ3n) is 3.33. The first-order valence-corrected chi connectivity index (χ1v) is 9.52. The Bertz CT molecular complexity index is 489. The molecule has 0 amide bonds. The fraction of sp³-hybridized carbons (Fsp3) is 0.615. The molecule has 0 bridgehead atoms. The van der Waals surface area contributed by atoms with Crippen LogP contribution < -0.4 is 10.0 Å². The highest BCUT2D eigenvalue weighted by atomic mass is 127. The number of thiol groups is 1. The predicted octanol–water partition coefficient (Wildman–Crippen LogP) is 2.04. The maximum Gasteiger partial charge on any atom is 0.199 e. The molecule has 6 heteroatoms. The predicted molar refractivity (Wildman–Crippen MR) is 89.0 cm³/mol. The molecule has 0 radical (unpaired) electrons. The molecule has 2 aliphatic rings. The first kappa shape index (κ1) is 15.0. The molecule has 1 heterocycles. The Balaban J connectivity index is 2.20. The first-order chi connectivity index (χ1) is 8.74. The minimum absolute atomic E-state index is 0.0310. The van der Waals surface area contributed by atoms with Gasteiger partial charge >= 0.3 is 0 Å². The number of alkyl halides is 1. The Kier molecular flexibility index (Phi) is 4.11. The lowest BCUT2D eigenvalue weighted by Gasteiger charge is -2.30. The lowest BCUT2D eigenvalue weighted by atomic mass is 9.85. The number of nitrogens with one attached hydrogen (secondary N) is 2. The van der Waals surface area contributed by atoms with E-state index in [2.05, 4.69) is 59.5 Å². The van der Waals surface area contributed by atoms with Crippen molar-refractivity contribution in [3.63, 3.8) is 0 Å². The van der Waals surface area contributed by atoms with E-state index in [0.717, 1.165) is 12.8 Å². The van der Waals surface area contributed by atoms with Gasteiger partial charge in [0.1, 0.15) is 5.82 Å². The summed E-state index contributed by atoms with van der Waals surface area (Å²) in [5.74, 6) is 0.703. The molecule has 1 aliphatic heterocycles. The highest BCUT2D eigenvalue weighted by Crippen LogP contribution is 2.33. The maximum atomic E-state index is 12.5. The average Bonchev–Trinajstić information content (AvgIpc) is 3.10. The van der Waals surface area contributed by atoms with Gasteiger partial charge in [0.2, 0.25) is 0 Å². The second-order valence-electron chi connectivity index (χ2n) is 6.13. The molecule has 4 nitrogen and oxygen atoms in total. The second-order valence-corrected chi connectivity index (χ2v) is 10.1. The van der Waals surface area contributed by atoms with E-state index in [1.165, 1.54) is 5.57 Å². The molecule has 1 fully saturated rings. The van der Waals surface area contributed by atoms with E-state index in [-0.39, 0.29) is 14.7 Å². The summed E-state index contributed by atoms with van der Waals surface area (Å²) >= 11 is 2.28. The fourth-order valence-corrected chi connectivity index (χ4v) is 4.53. The maximum absolute atomic E-state index is 12.5. The van der Waals surface area contributed by atoms with Gasteiger partial charge in [0.15, 0.2) is 5.62 Å². The van der Waals surface area contributed by atoms with E-state index >= 15 is 0 Å². The summed E-state index contributed by atoms with van der Waals surface area (Å²) < 4.78 is 15.6. The van der Waals surface area contributed by atoms with Crippen LogP contribution in [-0.2, 0) is 14.9 Å². The molecule has 1 saturated carbocycles. The number of dihydropyridines is 1. The molecule has 0 aromatic carbocycles. The van der Waals surface area contributed by atoms with E-state index < -0.39 is 10.1 Å². The third-order valence-corrected chi connectivity index (χ3v) is 6.50. The molecule has 108 valence electrons. The topological polar surface area (TPSA) is 58.2 Å². The van der Waals surface area contributed by atoms with E-state index in [9.17, 15) is 9.00 Å². The summed E-state index contributed by atoms with van der Waals surface area (Å²) in [5.41, 5.74) is 1.83. The summed E-state index contributed by atoms with van der Waals surface area (Å²) in [6.45, 7) is 6.42. The minimum Gasteiger partial charge on any atom is -0.356 e. The molecule has 2 rings (SSSR count). The van der Waals surface area contributed by atoms with Crippen LogP contribution in [0.15, 0.2) is 23.5 Å². The first-order valence-electron chi connectivity index (χ1n) is 6.43. The molecule has 1 aliphatic carbocycles. The molecular weight excluding hydrogens is 375 g/mol. The van der Waals surface area contributed by atoms with Crippen LogP contribution in [0.4, 0.5) is 0 Å². The Morgan fingerprint density at radius 1 is 1.47 bits per heavy atom. The molecule has 0 spiro atoms. The molecule has 2 N–H and O–H groups in total. The monoisotopic (exact) mass is 396 g/mol. The van der Waals surface area contributed by atoms with Crippen LogP contribution in [-0.4, -0.2) is 19.1 Å². The van der Waals surface area contributed by atoms with Crippen molar-refractivity contribution in [2.45, 2.75) is 42.9 Å². The zero-order valence-corrected chi connectivity index (χ0v) is 14.5. The van der Waals surface area contributed by atoms with Gasteiger partial charge in [-0.1, -0.05) is 43.4 Å². The minimum atomic E-state index is -2.93. The Hall–Kier alpha value is -0.370. The van der Waals surface area contributed by atoms with Crippen molar-refractivity contribution in [2.24, 2.45) is 5.41 Å². The SMILES string of the molecule is CC(C)(C)C1=CC(I)NC(N[SH](=O)(C=O)C2CC2)=C1. The molecule has 1 atom stereocenters. The van der Waals surface area contributed by atoms with Crippen molar-refractivity contribution in [3.05, 3.63) is 23.5 Å². The Morgan fingerprint density at radius 3 is 2.58 bits per heavy atom. The molecule has 1 unspecified atom stereocenters. The Morgan fingerprint density at radius 2 is 2.11 bits per heavy atom. The molecule has 19 heavy (non-hydrogen) atoms. The van der Waals surface area contributed by atoms with Crippen LogP contribution in [0, 0.1) is 5.41 Å². The summed E-state index contributed by atoms with van der Waals surface area (Å²) in [6, 6.07) is 0. The lowest BCUT2D eigenvalue weighted by Crippen LogP contribution is -2.43. The molecular formula is C13H21IN2O2S.